The summed E-state index contributed by atoms with van der Waals surface area (Å²) in [7, 11) is 1.59. The van der Waals surface area contributed by atoms with E-state index in [4.69, 9.17) is 21.4 Å². The number of aromatic amines is 1. The third-order valence-corrected chi connectivity index (χ3v) is 5.65. The first kappa shape index (κ1) is 18.7. The topological polar surface area (TPSA) is 108 Å². The molecule has 0 radical (unpaired) electrons. The van der Waals surface area contributed by atoms with Crippen LogP contribution in [0.3, 0.4) is 0 Å². The van der Waals surface area contributed by atoms with Gasteiger partial charge in [0, 0.05) is 31.3 Å². The Labute approximate surface area is 159 Å². The van der Waals surface area contributed by atoms with Crippen LogP contribution in [0, 0.1) is 6.92 Å². The molecule has 2 atom stereocenters. The number of hydrogen-bond acceptors (Lipinski definition) is 6. The van der Waals surface area contributed by atoms with Crippen LogP contribution in [0.25, 0.3) is 0 Å². The van der Waals surface area contributed by atoms with Crippen molar-refractivity contribution < 1.29 is 19.4 Å². The number of carbonyl (C=O) groups is 2. The van der Waals surface area contributed by atoms with Crippen LogP contribution in [-0.4, -0.2) is 59.3 Å². The largest absolute Gasteiger partial charge is 0.476 e. The molecule has 140 valence electrons. The zero-order valence-corrected chi connectivity index (χ0v) is 15.9. The molecule has 3 N–H and O–H groups in total. The number of amides is 1. The molecule has 2 aromatic heterocycles. The number of carboxylic acid groups (broad SMARTS) is 1. The number of thiazole rings is 1. The van der Waals surface area contributed by atoms with Crippen LogP contribution in [0.5, 0.6) is 0 Å². The van der Waals surface area contributed by atoms with E-state index in [1.54, 1.807) is 20.1 Å². The maximum absolute atomic E-state index is 12.4. The number of carboxylic acids is 1. The number of nitrogens with zero attached hydrogens (tertiary/aromatic N) is 2. The second-order valence-corrected chi connectivity index (χ2v) is 7.31. The minimum Gasteiger partial charge on any atom is -0.476 e. The molecule has 3 heterocycles. The van der Waals surface area contributed by atoms with Gasteiger partial charge in [-0.25, -0.2) is 9.78 Å². The summed E-state index contributed by atoms with van der Waals surface area (Å²) in [5, 5.41) is 14.7. The number of aromatic nitrogens is 2. The predicted octanol–water partition coefficient (Wildman–Crippen LogP) is 2.15. The van der Waals surface area contributed by atoms with Gasteiger partial charge in [0.2, 0.25) is 0 Å². The van der Waals surface area contributed by atoms with Gasteiger partial charge in [-0.2, -0.15) is 0 Å². The highest BCUT2D eigenvalue weighted by atomic mass is 35.5. The van der Waals surface area contributed by atoms with Crippen molar-refractivity contribution >= 4 is 39.9 Å². The van der Waals surface area contributed by atoms with E-state index in [0.717, 1.165) is 5.69 Å². The van der Waals surface area contributed by atoms with Gasteiger partial charge in [0.15, 0.2) is 10.8 Å². The maximum Gasteiger partial charge on any atom is 0.355 e. The Morgan fingerprint density at radius 3 is 2.88 bits per heavy atom. The molecule has 8 nitrogen and oxygen atoms in total. The number of nitrogens with one attached hydrogen (secondary N) is 2. The average molecular weight is 399 g/mol. The normalized spacial score (nSPS) is 20.2. The van der Waals surface area contributed by atoms with Crippen molar-refractivity contribution in [1.82, 2.24) is 15.3 Å². The van der Waals surface area contributed by atoms with Crippen molar-refractivity contribution in [1.29, 1.82) is 0 Å². The summed E-state index contributed by atoms with van der Waals surface area (Å²) >= 11 is 7.28. The zero-order chi connectivity index (χ0) is 18.8. The Balaban J connectivity index is 1.65. The van der Waals surface area contributed by atoms with E-state index in [1.807, 2.05) is 4.90 Å². The lowest BCUT2D eigenvalue weighted by molar-refractivity contribution is 0.0539. The summed E-state index contributed by atoms with van der Waals surface area (Å²) in [5.41, 5.74) is 1.19. The highest BCUT2D eigenvalue weighted by Crippen LogP contribution is 2.25. The van der Waals surface area contributed by atoms with E-state index >= 15 is 0 Å². The van der Waals surface area contributed by atoms with E-state index in [0.29, 0.717) is 35.4 Å². The first-order valence-corrected chi connectivity index (χ1v) is 9.27. The number of methoxy groups -OCH3 is 1. The van der Waals surface area contributed by atoms with Crippen LogP contribution < -0.4 is 10.2 Å². The molecule has 0 bridgehead atoms. The molecule has 0 saturated carbocycles. The number of halogens is 1. The first-order valence-electron chi connectivity index (χ1n) is 8.01. The number of carbonyl (C=O) groups excluding carboxylic acids is 1. The highest BCUT2D eigenvalue weighted by molar-refractivity contribution is 7.13. The molecule has 2 aromatic rings. The smallest absolute Gasteiger partial charge is 0.355 e. The lowest BCUT2D eigenvalue weighted by Crippen LogP contribution is -2.55. The molecule has 3 rings (SSSR count). The summed E-state index contributed by atoms with van der Waals surface area (Å²) in [5.74, 6) is -1.28. The Bertz CT molecular complexity index is 802. The van der Waals surface area contributed by atoms with Gasteiger partial charge < -0.3 is 25.0 Å². The fourth-order valence-electron chi connectivity index (χ4n) is 2.90. The van der Waals surface area contributed by atoms with Gasteiger partial charge in [-0.3, -0.25) is 4.79 Å². The molecule has 1 amide bonds. The fourth-order valence-corrected chi connectivity index (χ4v) is 3.90. The molecule has 10 heteroatoms. The van der Waals surface area contributed by atoms with Crippen LogP contribution in [-0.2, 0) is 4.74 Å². The summed E-state index contributed by atoms with van der Waals surface area (Å²) in [4.78, 5) is 32.5. The highest BCUT2D eigenvalue weighted by Gasteiger charge is 2.32. The minimum atomic E-state index is -1.04. The molecule has 1 fully saturated rings. The quantitative estimate of drug-likeness (QED) is 0.712. The van der Waals surface area contributed by atoms with Crippen LogP contribution >= 0.6 is 22.9 Å². The van der Waals surface area contributed by atoms with Crippen LogP contribution in [0.1, 0.15) is 33.1 Å². The van der Waals surface area contributed by atoms with Gasteiger partial charge >= 0.3 is 5.97 Å². The number of aromatic carboxylic acids is 1. The summed E-state index contributed by atoms with van der Waals surface area (Å²) in [6.45, 7) is 2.95. The van der Waals surface area contributed by atoms with Crippen LogP contribution in [0.15, 0.2) is 11.4 Å². The fraction of sp³-hybridized carbons (Fsp3) is 0.438. The molecule has 0 spiro atoms. The van der Waals surface area contributed by atoms with E-state index in [2.05, 4.69) is 15.3 Å². The molecule has 1 aliphatic rings. The monoisotopic (exact) mass is 398 g/mol. The lowest BCUT2D eigenvalue weighted by Gasteiger charge is -2.37. The van der Waals surface area contributed by atoms with Gasteiger partial charge in [-0.05, 0) is 19.4 Å². The molecule has 1 aliphatic heterocycles. The number of ether oxygens (including phenoxy) is 1. The zero-order valence-electron chi connectivity index (χ0n) is 14.3. The molecular formula is C16H19ClN4O4S. The van der Waals surface area contributed by atoms with Crippen molar-refractivity contribution in [2.24, 2.45) is 0 Å². The van der Waals surface area contributed by atoms with Gasteiger partial charge in [0.25, 0.3) is 5.91 Å². The summed E-state index contributed by atoms with van der Waals surface area (Å²) in [6, 6.07) is 1.44. The molecule has 0 aromatic carbocycles. The van der Waals surface area contributed by atoms with E-state index < -0.39 is 5.97 Å². The minimum absolute atomic E-state index is 0.0355. The second kappa shape index (κ2) is 7.65. The third kappa shape index (κ3) is 3.84. The number of piperidine rings is 1. The molecule has 26 heavy (non-hydrogen) atoms. The number of hydrogen-bond donors (Lipinski definition) is 3. The lowest BCUT2D eigenvalue weighted by atomic mass is 10.0. The van der Waals surface area contributed by atoms with E-state index in [1.165, 1.54) is 16.7 Å². The number of rotatable bonds is 5. The number of anilines is 1. The van der Waals surface area contributed by atoms with Crippen molar-refractivity contribution in [3.63, 3.8) is 0 Å². The number of H-pyrrole nitrogens is 1. The first-order chi connectivity index (χ1) is 12.4. The second-order valence-electron chi connectivity index (χ2n) is 6.07. The van der Waals surface area contributed by atoms with Gasteiger partial charge in [0.1, 0.15) is 5.69 Å². The van der Waals surface area contributed by atoms with Gasteiger partial charge in [-0.1, -0.05) is 11.6 Å². The van der Waals surface area contributed by atoms with Gasteiger partial charge in [-0.15, -0.1) is 11.3 Å². The van der Waals surface area contributed by atoms with Crippen molar-refractivity contribution in [2.75, 3.05) is 25.1 Å². The van der Waals surface area contributed by atoms with Crippen LogP contribution in [0.2, 0.25) is 5.02 Å². The maximum atomic E-state index is 12.4. The van der Waals surface area contributed by atoms with E-state index in [9.17, 15) is 9.59 Å². The van der Waals surface area contributed by atoms with E-state index in [-0.39, 0.29) is 23.7 Å². The third-order valence-electron chi connectivity index (χ3n) is 4.36. The Hall–Kier alpha value is -2.10. The Morgan fingerprint density at radius 2 is 2.31 bits per heavy atom. The average Bonchev–Trinajstić information content (AvgIpc) is 3.23. The number of aryl methyl sites for hydroxylation is 1. The van der Waals surface area contributed by atoms with Crippen molar-refractivity contribution in [3.05, 3.63) is 33.6 Å². The predicted molar refractivity (Wildman–Crippen MR) is 98.5 cm³/mol. The van der Waals surface area contributed by atoms with Crippen molar-refractivity contribution in [2.45, 2.75) is 25.5 Å². The van der Waals surface area contributed by atoms with Gasteiger partial charge in [0.05, 0.1) is 17.2 Å². The molecule has 0 aliphatic carbocycles. The molecule has 1 saturated heterocycles. The summed E-state index contributed by atoms with van der Waals surface area (Å²) < 4.78 is 5.54. The van der Waals surface area contributed by atoms with Crippen LogP contribution in [0.4, 0.5) is 5.13 Å². The SMILES string of the molecule is CO[C@H]1CN(c2nc(C(=O)O)cs2)CC[C@H]1NC(=O)c1cc(Cl)c(C)[nH]1. The standard InChI is InChI=1S/C16H19ClN4O4S/c1-8-9(17)5-11(18-8)14(22)19-10-3-4-21(6-13(10)25-2)16-20-12(7-26-16)15(23)24/h5,7,10,13,18H,3-4,6H2,1-2H3,(H,19,22)(H,23,24)/t10-,13+/m1/s1. The Morgan fingerprint density at radius 1 is 1.54 bits per heavy atom. The Kier molecular flexibility index (Phi) is 5.49. The molecular weight excluding hydrogens is 380 g/mol. The summed E-state index contributed by atoms with van der Waals surface area (Å²) in [6.07, 6.45) is 0.413. The molecule has 0 unspecified atom stereocenters. The van der Waals surface area contributed by atoms with Crippen molar-refractivity contribution in [3.8, 4) is 0 Å².